The van der Waals surface area contributed by atoms with Gasteiger partial charge in [0, 0.05) is 44.1 Å². The molecule has 0 amide bonds. The normalized spacial score (nSPS) is 23.8. The van der Waals surface area contributed by atoms with Crippen molar-refractivity contribution < 1.29 is 9.13 Å². The number of likely N-dealkylation sites (tertiary alicyclic amines) is 2. The van der Waals surface area contributed by atoms with Crippen LogP contribution in [0.1, 0.15) is 30.4 Å². The number of hydrogen-bond donors (Lipinski definition) is 0. The third kappa shape index (κ3) is 4.30. The Morgan fingerprint density at radius 1 is 1.04 bits per heavy atom. The molecular formula is C22H28FN3O. The van der Waals surface area contributed by atoms with Crippen molar-refractivity contribution in [2.24, 2.45) is 5.41 Å². The van der Waals surface area contributed by atoms with Crippen LogP contribution in [0.25, 0.3) is 0 Å². The van der Waals surface area contributed by atoms with E-state index in [0.717, 1.165) is 44.0 Å². The summed E-state index contributed by atoms with van der Waals surface area (Å²) in [4.78, 5) is 9.10. The molecular weight excluding hydrogens is 341 g/mol. The summed E-state index contributed by atoms with van der Waals surface area (Å²) in [5.41, 5.74) is 2.41. The summed E-state index contributed by atoms with van der Waals surface area (Å²) in [7, 11) is 1.63. The molecule has 2 aliphatic heterocycles. The Bertz CT molecular complexity index is 769. The van der Waals surface area contributed by atoms with Gasteiger partial charge in [0.15, 0.2) is 0 Å². The Balaban J connectivity index is 1.39. The molecule has 1 aromatic heterocycles. The minimum Gasteiger partial charge on any atom is -0.497 e. The minimum atomic E-state index is -0.138. The van der Waals surface area contributed by atoms with Crippen LogP contribution in [0.3, 0.4) is 0 Å². The largest absolute Gasteiger partial charge is 0.497 e. The third-order valence-electron chi connectivity index (χ3n) is 6.06. The first-order valence-electron chi connectivity index (χ1n) is 9.82. The van der Waals surface area contributed by atoms with E-state index >= 15 is 0 Å². The Hall–Kier alpha value is -1.98. The zero-order chi connectivity index (χ0) is 18.7. The fourth-order valence-electron chi connectivity index (χ4n) is 4.73. The number of methoxy groups -OCH3 is 1. The summed E-state index contributed by atoms with van der Waals surface area (Å²) in [5.74, 6) is 0.587. The van der Waals surface area contributed by atoms with Crippen LogP contribution in [-0.4, -0.2) is 48.1 Å². The maximum atomic E-state index is 14.2. The van der Waals surface area contributed by atoms with Crippen molar-refractivity contribution in [3.8, 4) is 5.75 Å². The number of hydrogen-bond acceptors (Lipinski definition) is 4. The summed E-state index contributed by atoms with van der Waals surface area (Å²) in [6.45, 7) is 6.03. The van der Waals surface area contributed by atoms with Gasteiger partial charge >= 0.3 is 0 Å². The second-order valence-corrected chi connectivity index (χ2v) is 8.09. The number of aromatic nitrogens is 1. The highest BCUT2D eigenvalue weighted by molar-refractivity contribution is 5.29. The molecule has 0 aliphatic carbocycles. The highest BCUT2D eigenvalue weighted by atomic mass is 19.1. The molecule has 0 radical (unpaired) electrons. The molecule has 0 N–H and O–H groups in total. The van der Waals surface area contributed by atoms with Crippen LogP contribution in [-0.2, 0) is 13.1 Å². The van der Waals surface area contributed by atoms with Crippen LogP contribution in [0.15, 0.2) is 42.7 Å². The van der Waals surface area contributed by atoms with E-state index in [0.29, 0.717) is 12.0 Å². The maximum Gasteiger partial charge on any atom is 0.127 e. The molecule has 3 heterocycles. The first kappa shape index (κ1) is 18.4. The van der Waals surface area contributed by atoms with Gasteiger partial charge in [0.2, 0.25) is 0 Å². The fraction of sp³-hybridized carbons (Fsp3) is 0.500. The van der Waals surface area contributed by atoms with E-state index in [2.05, 4.69) is 26.9 Å². The Morgan fingerprint density at radius 3 is 2.59 bits per heavy atom. The number of ether oxygens (including phenoxy) is 1. The second-order valence-electron chi connectivity index (χ2n) is 8.09. The number of nitrogens with zero attached hydrogens (tertiary/aromatic N) is 3. The van der Waals surface area contributed by atoms with Gasteiger partial charge < -0.3 is 4.74 Å². The van der Waals surface area contributed by atoms with Gasteiger partial charge in [0.05, 0.1) is 7.11 Å². The average Bonchev–Trinajstić information content (AvgIpc) is 3.06. The maximum absolute atomic E-state index is 14.2. The predicted octanol–water partition coefficient (Wildman–Crippen LogP) is 3.72. The minimum absolute atomic E-state index is 0.138. The molecule has 1 atom stereocenters. The van der Waals surface area contributed by atoms with Crippen LogP contribution in [0, 0.1) is 11.2 Å². The quantitative estimate of drug-likeness (QED) is 0.803. The zero-order valence-electron chi connectivity index (χ0n) is 16.0. The van der Waals surface area contributed by atoms with E-state index in [1.165, 1.54) is 30.9 Å². The van der Waals surface area contributed by atoms with E-state index < -0.39 is 0 Å². The highest BCUT2D eigenvalue weighted by Crippen LogP contribution is 2.40. The van der Waals surface area contributed by atoms with Gasteiger partial charge in [0.25, 0.3) is 0 Å². The van der Waals surface area contributed by atoms with Crippen LogP contribution in [0.2, 0.25) is 0 Å². The topological polar surface area (TPSA) is 28.6 Å². The Morgan fingerprint density at radius 2 is 1.81 bits per heavy atom. The van der Waals surface area contributed by atoms with E-state index in [1.807, 2.05) is 18.5 Å². The third-order valence-corrected chi connectivity index (χ3v) is 6.06. The number of rotatable bonds is 5. The molecule has 4 rings (SSSR count). The van der Waals surface area contributed by atoms with Gasteiger partial charge in [-0.1, -0.05) is 0 Å². The van der Waals surface area contributed by atoms with Gasteiger partial charge in [0.1, 0.15) is 11.6 Å². The van der Waals surface area contributed by atoms with E-state index in [9.17, 15) is 4.39 Å². The molecule has 4 nitrogen and oxygen atoms in total. The lowest BCUT2D eigenvalue weighted by atomic mass is 9.79. The molecule has 0 bridgehead atoms. The molecule has 2 saturated heterocycles. The molecule has 0 saturated carbocycles. The molecule has 5 heteroatoms. The van der Waals surface area contributed by atoms with E-state index in [-0.39, 0.29) is 5.82 Å². The van der Waals surface area contributed by atoms with Crippen molar-refractivity contribution in [3.63, 3.8) is 0 Å². The van der Waals surface area contributed by atoms with Crippen molar-refractivity contribution in [1.82, 2.24) is 14.8 Å². The average molecular weight is 369 g/mol. The SMILES string of the molecule is COc1ccc(F)c(CN2CCCC3(CCN(Cc4ccncc4)C3)C2)c1. The molecule has 1 spiro atoms. The first-order valence-corrected chi connectivity index (χ1v) is 9.82. The summed E-state index contributed by atoms with van der Waals surface area (Å²) < 4.78 is 19.5. The molecule has 27 heavy (non-hydrogen) atoms. The number of pyridine rings is 1. The standard InChI is InChI=1S/C22H28FN3O/c1-27-20-3-4-21(23)19(13-20)15-25-11-2-7-22(16-25)8-12-26(17-22)14-18-5-9-24-10-6-18/h3-6,9-10,13H,2,7-8,11-12,14-17H2,1H3. The van der Waals surface area contributed by atoms with Crippen LogP contribution < -0.4 is 4.74 Å². The Kier molecular flexibility index (Phi) is 5.41. The lowest BCUT2D eigenvalue weighted by Crippen LogP contribution is -2.44. The molecule has 2 aromatic rings. The summed E-state index contributed by atoms with van der Waals surface area (Å²) in [6, 6.07) is 9.23. The molecule has 2 fully saturated rings. The predicted molar refractivity (Wildman–Crippen MR) is 104 cm³/mol. The van der Waals surface area contributed by atoms with Crippen molar-refractivity contribution in [1.29, 1.82) is 0 Å². The van der Waals surface area contributed by atoms with Crippen LogP contribution >= 0.6 is 0 Å². The van der Waals surface area contributed by atoms with Crippen molar-refractivity contribution in [3.05, 3.63) is 59.7 Å². The van der Waals surface area contributed by atoms with Crippen molar-refractivity contribution in [2.45, 2.75) is 32.4 Å². The van der Waals surface area contributed by atoms with Gasteiger partial charge in [-0.25, -0.2) is 4.39 Å². The van der Waals surface area contributed by atoms with Gasteiger partial charge in [-0.3, -0.25) is 14.8 Å². The van der Waals surface area contributed by atoms with Gasteiger partial charge in [-0.15, -0.1) is 0 Å². The number of piperidine rings is 1. The molecule has 144 valence electrons. The van der Waals surface area contributed by atoms with Gasteiger partial charge in [-0.05, 0) is 73.7 Å². The zero-order valence-corrected chi connectivity index (χ0v) is 16.0. The lowest BCUT2D eigenvalue weighted by molar-refractivity contribution is 0.0857. The van der Waals surface area contributed by atoms with Crippen molar-refractivity contribution >= 4 is 0 Å². The molecule has 1 aromatic carbocycles. The monoisotopic (exact) mass is 369 g/mol. The number of halogens is 1. The lowest BCUT2D eigenvalue weighted by Gasteiger charge is -2.40. The van der Waals surface area contributed by atoms with Crippen molar-refractivity contribution in [2.75, 3.05) is 33.3 Å². The fourth-order valence-corrected chi connectivity index (χ4v) is 4.73. The highest BCUT2D eigenvalue weighted by Gasteiger charge is 2.41. The summed E-state index contributed by atoms with van der Waals surface area (Å²) in [5, 5.41) is 0. The molecule has 1 unspecified atom stereocenters. The number of benzene rings is 1. The van der Waals surface area contributed by atoms with Gasteiger partial charge in [-0.2, -0.15) is 0 Å². The summed E-state index contributed by atoms with van der Waals surface area (Å²) in [6.07, 6.45) is 7.43. The van der Waals surface area contributed by atoms with E-state index in [4.69, 9.17) is 4.74 Å². The van der Waals surface area contributed by atoms with Crippen LogP contribution in [0.4, 0.5) is 4.39 Å². The van der Waals surface area contributed by atoms with E-state index in [1.54, 1.807) is 13.2 Å². The summed E-state index contributed by atoms with van der Waals surface area (Å²) >= 11 is 0. The smallest absolute Gasteiger partial charge is 0.127 e. The molecule has 2 aliphatic rings. The first-order chi connectivity index (χ1) is 13.2. The second kappa shape index (κ2) is 7.95. The van der Waals surface area contributed by atoms with Crippen LogP contribution in [0.5, 0.6) is 5.75 Å². The Labute approximate surface area is 161 Å².